The minimum absolute atomic E-state index is 0.0819. The smallest absolute Gasteiger partial charge is 0.246 e. The van der Waals surface area contributed by atoms with Gasteiger partial charge in [0.2, 0.25) is 26.0 Å². The van der Waals surface area contributed by atoms with E-state index in [1.807, 2.05) is 13.0 Å². The molecule has 3 rings (SSSR count). The van der Waals surface area contributed by atoms with Crippen LogP contribution in [-0.2, 0) is 24.8 Å². The molecule has 32 heavy (non-hydrogen) atoms. The van der Waals surface area contributed by atoms with Crippen LogP contribution in [0.4, 0.5) is 0 Å². The summed E-state index contributed by atoms with van der Waals surface area (Å²) < 4.78 is 60.1. The van der Waals surface area contributed by atoms with Gasteiger partial charge in [-0.2, -0.15) is 9.03 Å². The number of hydrogen-bond acceptors (Lipinski definition) is 7. The molecule has 0 bridgehead atoms. The van der Waals surface area contributed by atoms with E-state index in [1.165, 1.54) is 30.0 Å². The number of nitrogens with one attached hydrogen (secondary N) is 1. The first kappa shape index (κ1) is 24.4. The molecule has 10 nitrogen and oxygen atoms in total. The summed E-state index contributed by atoms with van der Waals surface area (Å²) in [5.41, 5.74) is 1.72. The summed E-state index contributed by atoms with van der Waals surface area (Å²) in [5.74, 6) is -0.288. The Morgan fingerprint density at radius 1 is 1.06 bits per heavy atom. The summed E-state index contributed by atoms with van der Waals surface area (Å²) in [7, 11) is -7.69. The molecule has 0 unspecified atom stereocenters. The van der Waals surface area contributed by atoms with Crippen molar-refractivity contribution in [2.75, 3.05) is 26.2 Å². The second-order valence-corrected chi connectivity index (χ2v) is 11.6. The third-order valence-electron chi connectivity index (χ3n) is 5.45. The van der Waals surface area contributed by atoms with Crippen LogP contribution in [-0.4, -0.2) is 69.3 Å². The lowest BCUT2D eigenvalue weighted by atomic mass is 10.2. The maximum Gasteiger partial charge on any atom is 0.246 e. The fourth-order valence-corrected chi connectivity index (χ4v) is 7.01. The van der Waals surface area contributed by atoms with Crippen LogP contribution in [0.2, 0.25) is 0 Å². The van der Waals surface area contributed by atoms with E-state index in [0.29, 0.717) is 5.56 Å². The van der Waals surface area contributed by atoms with Gasteiger partial charge in [-0.1, -0.05) is 17.3 Å². The quantitative estimate of drug-likeness (QED) is 0.650. The first-order valence-electron chi connectivity index (χ1n) is 10.2. The van der Waals surface area contributed by atoms with Crippen molar-refractivity contribution >= 4 is 26.0 Å². The SMILES string of the molecule is Cc1ccc(C)c(S(=O)(=O)N2CCN(C(=O)[C@H](C)NS(=O)(=O)c3c(C)noc3C)CC2)c1. The molecule has 1 saturated heterocycles. The Balaban J connectivity index is 1.67. The van der Waals surface area contributed by atoms with Crippen molar-refractivity contribution < 1.29 is 26.2 Å². The third-order valence-corrected chi connectivity index (χ3v) is 9.28. The van der Waals surface area contributed by atoms with E-state index in [4.69, 9.17) is 4.52 Å². The second-order valence-electron chi connectivity index (χ2n) is 7.99. The Kier molecular flexibility index (Phi) is 6.80. The van der Waals surface area contributed by atoms with E-state index in [0.717, 1.165) is 5.56 Å². The molecule has 1 aromatic carbocycles. The van der Waals surface area contributed by atoms with E-state index in [9.17, 15) is 21.6 Å². The highest BCUT2D eigenvalue weighted by Gasteiger charge is 2.34. The molecule has 2 heterocycles. The maximum atomic E-state index is 13.1. The number of benzene rings is 1. The van der Waals surface area contributed by atoms with Crippen molar-refractivity contribution in [2.24, 2.45) is 0 Å². The van der Waals surface area contributed by atoms with Gasteiger partial charge in [-0.05, 0) is 51.8 Å². The fraction of sp³-hybridized carbons (Fsp3) is 0.500. The number of carbonyl (C=O) groups is 1. The molecule has 0 aliphatic carbocycles. The molecule has 176 valence electrons. The first-order valence-corrected chi connectivity index (χ1v) is 13.1. The maximum absolute atomic E-state index is 13.1. The number of aromatic nitrogens is 1. The molecule has 1 aliphatic rings. The fourth-order valence-electron chi connectivity index (χ4n) is 3.75. The van der Waals surface area contributed by atoms with Crippen molar-refractivity contribution in [3.05, 3.63) is 40.8 Å². The molecule has 1 fully saturated rings. The lowest BCUT2D eigenvalue weighted by Crippen LogP contribution is -2.55. The van der Waals surface area contributed by atoms with E-state index in [2.05, 4.69) is 9.88 Å². The minimum atomic E-state index is -4.00. The van der Waals surface area contributed by atoms with Crippen molar-refractivity contribution in [1.82, 2.24) is 19.1 Å². The van der Waals surface area contributed by atoms with Crippen LogP contribution in [0.15, 0.2) is 32.5 Å². The standard InChI is InChI=1S/C20H28N4O6S2/c1-13-6-7-14(2)18(12-13)32(28,29)24-10-8-23(9-11-24)20(25)16(4)22-31(26,27)19-15(3)21-30-17(19)5/h6-7,12,16,22H,8-11H2,1-5H3/t16-/m0/s1. The second kappa shape index (κ2) is 8.93. The van der Waals surface area contributed by atoms with E-state index >= 15 is 0 Å². The van der Waals surface area contributed by atoms with Crippen molar-refractivity contribution in [3.63, 3.8) is 0 Å². The molecule has 0 saturated carbocycles. The molecule has 12 heteroatoms. The number of amides is 1. The predicted octanol–water partition coefficient (Wildman–Crippen LogP) is 1.11. The minimum Gasteiger partial charge on any atom is -0.360 e. The van der Waals surface area contributed by atoms with Gasteiger partial charge in [-0.15, -0.1) is 0 Å². The van der Waals surface area contributed by atoms with Crippen molar-refractivity contribution in [2.45, 2.75) is 50.5 Å². The zero-order valence-corrected chi connectivity index (χ0v) is 20.4. The zero-order valence-electron chi connectivity index (χ0n) is 18.7. The van der Waals surface area contributed by atoms with Gasteiger partial charge in [0.1, 0.15) is 10.6 Å². The summed E-state index contributed by atoms with van der Waals surface area (Å²) in [6.45, 7) is 8.62. The van der Waals surface area contributed by atoms with Gasteiger partial charge in [-0.25, -0.2) is 16.8 Å². The van der Waals surface area contributed by atoms with Crippen LogP contribution in [0.1, 0.15) is 29.5 Å². The Labute approximate surface area is 188 Å². The van der Waals surface area contributed by atoms with Gasteiger partial charge < -0.3 is 9.42 Å². The lowest BCUT2D eigenvalue weighted by molar-refractivity contribution is -0.133. The number of hydrogen-bond donors (Lipinski definition) is 1. The molecule has 1 N–H and O–H groups in total. The highest BCUT2D eigenvalue weighted by molar-refractivity contribution is 7.89. The van der Waals surface area contributed by atoms with Gasteiger partial charge in [-0.3, -0.25) is 4.79 Å². The largest absolute Gasteiger partial charge is 0.360 e. The van der Waals surface area contributed by atoms with Gasteiger partial charge in [0.15, 0.2) is 5.76 Å². The van der Waals surface area contributed by atoms with Gasteiger partial charge in [0.25, 0.3) is 0 Å². The summed E-state index contributed by atoms with van der Waals surface area (Å²) in [5, 5.41) is 3.64. The van der Waals surface area contributed by atoms with Gasteiger partial charge in [0, 0.05) is 26.2 Å². The van der Waals surface area contributed by atoms with Crippen LogP contribution in [0.25, 0.3) is 0 Å². The summed E-state index contributed by atoms with van der Waals surface area (Å²) in [4.78, 5) is 14.5. The van der Waals surface area contributed by atoms with Crippen LogP contribution in [0, 0.1) is 27.7 Å². The Hall–Kier alpha value is -2.28. The molecule has 1 amide bonds. The highest BCUT2D eigenvalue weighted by atomic mass is 32.2. The molecule has 1 aliphatic heterocycles. The Morgan fingerprint density at radius 2 is 1.69 bits per heavy atom. The molecule has 0 radical (unpaired) electrons. The van der Waals surface area contributed by atoms with Crippen LogP contribution >= 0.6 is 0 Å². The van der Waals surface area contributed by atoms with E-state index in [-0.39, 0.29) is 47.4 Å². The van der Waals surface area contributed by atoms with E-state index in [1.54, 1.807) is 19.1 Å². The van der Waals surface area contributed by atoms with Gasteiger partial charge >= 0.3 is 0 Å². The number of rotatable bonds is 6. The van der Waals surface area contributed by atoms with Gasteiger partial charge in [0.05, 0.1) is 10.9 Å². The van der Waals surface area contributed by atoms with Crippen LogP contribution in [0.3, 0.4) is 0 Å². The van der Waals surface area contributed by atoms with Crippen molar-refractivity contribution in [3.8, 4) is 0 Å². The number of aryl methyl sites for hydroxylation is 4. The predicted molar refractivity (Wildman–Crippen MR) is 117 cm³/mol. The molecule has 2 aromatic rings. The number of sulfonamides is 2. The molecular weight excluding hydrogens is 456 g/mol. The van der Waals surface area contributed by atoms with E-state index < -0.39 is 32.0 Å². The molecule has 1 aromatic heterocycles. The first-order chi connectivity index (χ1) is 14.8. The third kappa shape index (κ3) is 4.72. The van der Waals surface area contributed by atoms with Crippen molar-refractivity contribution in [1.29, 1.82) is 0 Å². The molecule has 1 atom stereocenters. The summed E-state index contributed by atoms with van der Waals surface area (Å²) in [6, 6.07) is 4.24. The highest BCUT2D eigenvalue weighted by Crippen LogP contribution is 2.23. The number of nitrogens with zero attached hydrogens (tertiary/aromatic N) is 3. The Morgan fingerprint density at radius 3 is 2.25 bits per heavy atom. The lowest BCUT2D eigenvalue weighted by Gasteiger charge is -2.35. The topological polar surface area (TPSA) is 130 Å². The monoisotopic (exact) mass is 484 g/mol. The van der Waals surface area contributed by atoms with Crippen LogP contribution < -0.4 is 4.72 Å². The zero-order chi connectivity index (χ0) is 23.8. The number of carbonyl (C=O) groups excluding carboxylic acids is 1. The summed E-state index contributed by atoms with van der Waals surface area (Å²) >= 11 is 0. The average molecular weight is 485 g/mol. The molecule has 0 spiro atoms. The molecular formula is C20H28N4O6S2. The number of piperazine rings is 1. The Bertz CT molecular complexity index is 1210. The van der Waals surface area contributed by atoms with Crippen LogP contribution in [0.5, 0.6) is 0 Å². The average Bonchev–Trinajstić information content (AvgIpc) is 3.07. The summed E-state index contributed by atoms with van der Waals surface area (Å²) in [6.07, 6.45) is 0. The normalized spacial score (nSPS) is 16.8.